The molecule has 0 aliphatic heterocycles. The third kappa shape index (κ3) is 2.96. The van der Waals surface area contributed by atoms with Gasteiger partial charge in [0.1, 0.15) is 0 Å². The molecule has 1 aliphatic rings. The van der Waals surface area contributed by atoms with Gasteiger partial charge in [-0.3, -0.25) is 4.90 Å². The molecule has 0 aromatic carbocycles. The number of likely N-dealkylation sites (N-methyl/N-ethyl adjacent to an activating group) is 1. The van der Waals surface area contributed by atoms with Crippen molar-refractivity contribution in [1.82, 2.24) is 4.90 Å². The first-order valence-electron chi connectivity index (χ1n) is 5.91. The summed E-state index contributed by atoms with van der Waals surface area (Å²) in [5, 5.41) is 0. The molecule has 0 bridgehead atoms. The summed E-state index contributed by atoms with van der Waals surface area (Å²) in [6.07, 6.45) is 2.61. The van der Waals surface area contributed by atoms with Crippen LogP contribution in [0.3, 0.4) is 0 Å². The summed E-state index contributed by atoms with van der Waals surface area (Å²) in [6, 6.07) is 2.69. The minimum Gasteiger partial charge on any atom is -0.329 e. The van der Waals surface area contributed by atoms with E-state index in [1.54, 1.807) is 0 Å². The highest BCUT2D eigenvalue weighted by Gasteiger charge is 2.35. The van der Waals surface area contributed by atoms with E-state index in [0.29, 0.717) is 12.6 Å². The second-order valence-corrected chi connectivity index (χ2v) is 7.05. The van der Waals surface area contributed by atoms with E-state index in [9.17, 15) is 0 Å². The SMILES string of the molecule is CC(c1cc(Cl)sc1Cl)N(C)C(CN)C1CC1. The second-order valence-electron chi connectivity index (χ2n) is 4.76. The molecular weight excluding hydrogens is 275 g/mol. The third-order valence-electron chi connectivity index (χ3n) is 3.67. The van der Waals surface area contributed by atoms with Gasteiger partial charge in [-0.05, 0) is 38.8 Å². The van der Waals surface area contributed by atoms with Crippen molar-refractivity contribution in [3.63, 3.8) is 0 Å². The third-order valence-corrected chi connectivity index (χ3v) is 5.19. The highest BCUT2D eigenvalue weighted by molar-refractivity contribution is 7.20. The van der Waals surface area contributed by atoms with Gasteiger partial charge in [-0.25, -0.2) is 0 Å². The molecule has 2 nitrogen and oxygen atoms in total. The molecule has 0 radical (unpaired) electrons. The first kappa shape index (κ1) is 13.6. The van der Waals surface area contributed by atoms with Gasteiger partial charge in [-0.2, -0.15) is 0 Å². The van der Waals surface area contributed by atoms with E-state index >= 15 is 0 Å². The molecule has 1 fully saturated rings. The van der Waals surface area contributed by atoms with Gasteiger partial charge in [0.25, 0.3) is 0 Å². The normalized spacial score (nSPS) is 19.6. The molecule has 0 amide bonds. The van der Waals surface area contributed by atoms with Crippen molar-refractivity contribution in [2.24, 2.45) is 11.7 Å². The average Bonchev–Trinajstić information content (AvgIpc) is 3.04. The van der Waals surface area contributed by atoms with Crippen molar-refractivity contribution in [2.45, 2.75) is 31.8 Å². The number of hydrogen-bond donors (Lipinski definition) is 1. The molecule has 96 valence electrons. The fourth-order valence-corrected chi connectivity index (χ4v) is 3.95. The summed E-state index contributed by atoms with van der Waals surface area (Å²) in [6.45, 7) is 2.87. The monoisotopic (exact) mass is 292 g/mol. The molecule has 17 heavy (non-hydrogen) atoms. The lowest BCUT2D eigenvalue weighted by molar-refractivity contribution is 0.170. The highest BCUT2D eigenvalue weighted by atomic mass is 35.5. The molecule has 5 heteroatoms. The predicted molar refractivity (Wildman–Crippen MR) is 76.1 cm³/mol. The van der Waals surface area contributed by atoms with Crippen molar-refractivity contribution in [1.29, 1.82) is 0 Å². The molecule has 2 N–H and O–H groups in total. The van der Waals surface area contributed by atoms with Crippen LogP contribution in [0.25, 0.3) is 0 Å². The summed E-state index contributed by atoms with van der Waals surface area (Å²) in [5.41, 5.74) is 6.99. The molecule has 1 saturated carbocycles. The molecule has 1 aliphatic carbocycles. The van der Waals surface area contributed by atoms with Crippen molar-refractivity contribution in [3.8, 4) is 0 Å². The smallest absolute Gasteiger partial charge is 0.0991 e. The second kappa shape index (κ2) is 5.45. The lowest BCUT2D eigenvalue weighted by atomic mass is 10.1. The van der Waals surface area contributed by atoms with E-state index in [4.69, 9.17) is 28.9 Å². The summed E-state index contributed by atoms with van der Waals surface area (Å²) >= 11 is 13.6. The van der Waals surface area contributed by atoms with Crippen LogP contribution in [-0.4, -0.2) is 24.5 Å². The van der Waals surface area contributed by atoms with Crippen LogP contribution in [0.15, 0.2) is 6.07 Å². The number of rotatable bonds is 5. The molecule has 2 rings (SSSR count). The number of nitrogens with zero attached hydrogens (tertiary/aromatic N) is 1. The predicted octanol–water partition coefficient (Wildman–Crippen LogP) is 3.79. The van der Waals surface area contributed by atoms with E-state index in [0.717, 1.165) is 20.2 Å². The van der Waals surface area contributed by atoms with Crippen LogP contribution in [0.2, 0.25) is 8.67 Å². The Bertz CT molecular complexity index is 390. The molecule has 1 aromatic rings. The zero-order valence-corrected chi connectivity index (χ0v) is 12.4. The largest absolute Gasteiger partial charge is 0.329 e. The summed E-state index contributed by atoms with van der Waals surface area (Å²) in [7, 11) is 2.13. The Labute approximate surface area is 117 Å². The van der Waals surface area contributed by atoms with Crippen molar-refractivity contribution in [3.05, 3.63) is 20.3 Å². The van der Waals surface area contributed by atoms with Gasteiger partial charge in [-0.15, -0.1) is 11.3 Å². The topological polar surface area (TPSA) is 29.3 Å². The quantitative estimate of drug-likeness (QED) is 0.895. The van der Waals surface area contributed by atoms with Gasteiger partial charge < -0.3 is 5.73 Å². The molecule has 2 unspecified atom stereocenters. The number of hydrogen-bond acceptors (Lipinski definition) is 3. The zero-order chi connectivity index (χ0) is 12.6. The maximum absolute atomic E-state index is 6.20. The fraction of sp³-hybridized carbons (Fsp3) is 0.667. The minimum atomic E-state index is 0.264. The van der Waals surface area contributed by atoms with Gasteiger partial charge in [0.05, 0.1) is 8.67 Å². The van der Waals surface area contributed by atoms with Gasteiger partial charge in [0, 0.05) is 24.2 Å². The van der Waals surface area contributed by atoms with Gasteiger partial charge in [0.15, 0.2) is 0 Å². The zero-order valence-electron chi connectivity index (χ0n) is 10.1. The Morgan fingerprint density at radius 3 is 2.59 bits per heavy atom. The molecule has 2 atom stereocenters. The van der Waals surface area contributed by atoms with Gasteiger partial charge in [-0.1, -0.05) is 23.2 Å². The van der Waals surface area contributed by atoms with Crippen LogP contribution < -0.4 is 5.73 Å². The number of nitrogens with two attached hydrogens (primary N) is 1. The van der Waals surface area contributed by atoms with E-state index in [1.165, 1.54) is 24.2 Å². The summed E-state index contributed by atoms with van der Waals surface area (Å²) < 4.78 is 1.54. The molecule has 0 spiro atoms. The maximum Gasteiger partial charge on any atom is 0.0991 e. The summed E-state index contributed by atoms with van der Waals surface area (Å²) in [5.74, 6) is 0.764. The Balaban J connectivity index is 2.12. The number of thiophene rings is 1. The van der Waals surface area contributed by atoms with Crippen LogP contribution in [0, 0.1) is 5.92 Å². The minimum absolute atomic E-state index is 0.264. The van der Waals surface area contributed by atoms with Crippen molar-refractivity contribution < 1.29 is 0 Å². The molecule has 1 aromatic heterocycles. The van der Waals surface area contributed by atoms with Crippen molar-refractivity contribution in [2.75, 3.05) is 13.6 Å². The van der Waals surface area contributed by atoms with Gasteiger partial charge in [0.2, 0.25) is 0 Å². The Morgan fingerprint density at radius 2 is 2.18 bits per heavy atom. The van der Waals surface area contributed by atoms with E-state index in [2.05, 4.69) is 18.9 Å². The lowest BCUT2D eigenvalue weighted by Gasteiger charge is -2.32. The Kier molecular flexibility index (Phi) is 4.37. The van der Waals surface area contributed by atoms with Crippen LogP contribution in [-0.2, 0) is 0 Å². The van der Waals surface area contributed by atoms with Crippen LogP contribution in [0.1, 0.15) is 31.4 Å². The first-order valence-corrected chi connectivity index (χ1v) is 7.48. The van der Waals surface area contributed by atoms with E-state index in [-0.39, 0.29) is 6.04 Å². The van der Waals surface area contributed by atoms with E-state index in [1.807, 2.05) is 6.07 Å². The fourth-order valence-electron chi connectivity index (χ4n) is 2.32. The van der Waals surface area contributed by atoms with Crippen molar-refractivity contribution >= 4 is 34.5 Å². The highest BCUT2D eigenvalue weighted by Crippen LogP contribution is 2.40. The number of halogens is 2. The molecule has 0 saturated heterocycles. The Hall–Kier alpha value is 0.200. The Morgan fingerprint density at radius 1 is 1.53 bits per heavy atom. The van der Waals surface area contributed by atoms with E-state index < -0.39 is 0 Å². The molecule has 1 heterocycles. The van der Waals surface area contributed by atoms with Gasteiger partial charge >= 0.3 is 0 Å². The lowest BCUT2D eigenvalue weighted by Crippen LogP contribution is -2.41. The first-order chi connectivity index (χ1) is 8.04. The van der Waals surface area contributed by atoms with Crippen LogP contribution in [0.4, 0.5) is 0 Å². The molecular formula is C12H18Cl2N2S. The van der Waals surface area contributed by atoms with Crippen LogP contribution >= 0.6 is 34.5 Å². The van der Waals surface area contributed by atoms with Crippen LogP contribution in [0.5, 0.6) is 0 Å². The summed E-state index contributed by atoms with van der Waals surface area (Å²) in [4.78, 5) is 2.34. The average molecular weight is 293 g/mol. The maximum atomic E-state index is 6.20. The standard InChI is InChI=1S/C12H18Cl2N2S/c1-7(9-5-11(13)17-12(9)14)16(2)10(6-15)8-3-4-8/h5,7-8,10H,3-4,6,15H2,1-2H3.